The molecular weight excluding hydrogens is 610 g/mol. The van der Waals surface area contributed by atoms with Gasteiger partial charge in [-0.15, -0.1) is 21.5 Å². The van der Waals surface area contributed by atoms with E-state index in [9.17, 15) is 14.4 Å². The molecule has 0 fully saturated rings. The Morgan fingerprint density at radius 3 is 2.70 bits per heavy atom. The van der Waals surface area contributed by atoms with Crippen LogP contribution in [0, 0.1) is 0 Å². The summed E-state index contributed by atoms with van der Waals surface area (Å²) in [5.41, 5.74) is 2.11. The molecule has 1 aliphatic rings. The lowest BCUT2D eigenvalue weighted by Gasteiger charge is -2.15. The molecule has 0 radical (unpaired) electrons. The lowest BCUT2D eigenvalue weighted by Crippen LogP contribution is -2.29. The van der Waals surface area contributed by atoms with Gasteiger partial charge in [0.15, 0.2) is 17.6 Å². The first-order chi connectivity index (χ1) is 20.8. The lowest BCUT2D eigenvalue weighted by atomic mass is 10.1. The van der Waals surface area contributed by atoms with Crippen molar-refractivity contribution in [2.24, 2.45) is 0 Å². The highest BCUT2D eigenvalue weighted by molar-refractivity contribution is 8.00. The molecule has 13 heteroatoms. The number of aromatic nitrogens is 3. The fraction of sp³-hybridized carbons (Fsp3) is 0.300. The molecule has 2 aromatic heterocycles. The zero-order valence-electron chi connectivity index (χ0n) is 23.6. The first kappa shape index (κ1) is 30.6. The van der Waals surface area contributed by atoms with Crippen molar-refractivity contribution in [3.05, 3.63) is 81.4 Å². The van der Waals surface area contributed by atoms with Crippen LogP contribution in [0.25, 0.3) is 5.69 Å². The van der Waals surface area contributed by atoms with Crippen molar-refractivity contribution in [1.29, 1.82) is 0 Å². The molecule has 0 unspecified atom stereocenters. The van der Waals surface area contributed by atoms with E-state index >= 15 is 0 Å². The van der Waals surface area contributed by atoms with Gasteiger partial charge in [-0.25, -0.2) is 4.79 Å². The zero-order valence-corrected chi connectivity index (χ0v) is 26.0. The minimum absolute atomic E-state index is 0.0707. The van der Waals surface area contributed by atoms with Crippen molar-refractivity contribution >= 4 is 57.5 Å². The van der Waals surface area contributed by atoms with Gasteiger partial charge in [-0.3, -0.25) is 14.2 Å². The van der Waals surface area contributed by atoms with Crippen LogP contribution in [0.3, 0.4) is 0 Å². The number of thiophene rings is 1. The molecule has 2 N–H and O–H groups in total. The SMILES string of the molecule is CCOC(=O)c1c(NC(=O)[C@@H](C)Sc2nnc(CNC(=O)COc3ccccc3)n2-c2cccc(Cl)c2)sc2c1CCC2. The van der Waals surface area contributed by atoms with E-state index < -0.39 is 11.2 Å². The Bertz CT molecular complexity index is 1620. The molecule has 0 saturated heterocycles. The number of para-hydroxylation sites is 1. The maximum Gasteiger partial charge on any atom is 0.341 e. The van der Waals surface area contributed by atoms with Gasteiger partial charge in [-0.05, 0) is 69.0 Å². The van der Waals surface area contributed by atoms with Gasteiger partial charge in [0.2, 0.25) is 5.91 Å². The topological polar surface area (TPSA) is 124 Å². The minimum Gasteiger partial charge on any atom is -0.484 e. The molecular formula is C30H30ClN5O5S2. The highest BCUT2D eigenvalue weighted by Crippen LogP contribution is 2.40. The Balaban J connectivity index is 1.31. The summed E-state index contributed by atoms with van der Waals surface area (Å²) in [7, 11) is 0. The van der Waals surface area contributed by atoms with E-state index in [0.717, 1.165) is 29.7 Å². The second-order valence-corrected chi connectivity index (χ2v) is 12.5. The molecule has 0 saturated carbocycles. The van der Waals surface area contributed by atoms with E-state index in [1.54, 1.807) is 48.7 Å². The quantitative estimate of drug-likeness (QED) is 0.155. The number of carbonyl (C=O) groups is 3. The standard InChI is InChI=1S/C30H30ClN5O5S2/c1-3-40-29(39)26-22-13-8-14-23(22)43-28(26)33-27(38)18(2)42-30-35-34-24(36(30)20-10-7-9-19(31)15-20)16-32-25(37)17-41-21-11-5-4-6-12-21/h4-7,9-12,15,18H,3,8,13-14,16-17H2,1-2H3,(H,32,37)(H,33,38)/t18-/m1/s1. The second-order valence-electron chi connectivity index (χ2n) is 9.62. The summed E-state index contributed by atoms with van der Waals surface area (Å²) in [4.78, 5) is 39.7. The number of hydrogen-bond acceptors (Lipinski definition) is 9. The summed E-state index contributed by atoms with van der Waals surface area (Å²) < 4.78 is 12.6. The first-order valence-electron chi connectivity index (χ1n) is 13.8. The van der Waals surface area contributed by atoms with Crippen molar-refractivity contribution < 1.29 is 23.9 Å². The number of aryl methyl sites for hydroxylation is 1. The van der Waals surface area contributed by atoms with Crippen LogP contribution in [0.2, 0.25) is 5.02 Å². The van der Waals surface area contributed by atoms with E-state index in [0.29, 0.717) is 38.0 Å². The highest BCUT2D eigenvalue weighted by atomic mass is 35.5. The number of carbonyl (C=O) groups excluding carboxylic acids is 3. The number of hydrogen-bond donors (Lipinski definition) is 2. The molecule has 1 aliphatic carbocycles. The summed E-state index contributed by atoms with van der Waals surface area (Å²) in [6.07, 6.45) is 2.66. The van der Waals surface area contributed by atoms with Crippen molar-refractivity contribution in [2.45, 2.75) is 50.1 Å². The van der Waals surface area contributed by atoms with E-state index in [1.165, 1.54) is 23.1 Å². The third kappa shape index (κ3) is 7.38. The van der Waals surface area contributed by atoms with Crippen LogP contribution in [0.15, 0.2) is 59.8 Å². The maximum absolute atomic E-state index is 13.4. The summed E-state index contributed by atoms with van der Waals surface area (Å²) in [5, 5.41) is 15.3. The monoisotopic (exact) mass is 639 g/mol. The number of ether oxygens (including phenoxy) is 2. The van der Waals surface area contributed by atoms with Crippen LogP contribution in [0.1, 0.15) is 46.9 Å². The smallest absolute Gasteiger partial charge is 0.341 e. The maximum atomic E-state index is 13.4. The molecule has 0 bridgehead atoms. The van der Waals surface area contributed by atoms with Crippen LogP contribution in [0.5, 0.6) is 5.75 Å². The fourth-order valence-electron chi connectivity index (χ4n) is 4.60. The highest BCUT2D eigenvalue weighted by Gasteiger charge is 2.30. The molecule has 0 aliphatic heterocycles. The Morgan fingerprint density at radius 1 is 1.12 bits per heavy atom. The molecule has 43 heavy (non-hydrogen) atoms. The normalized spacial score (nSPS) is 12.8. The predicted molar refractivity (Wildman–Crippen MR) is 166 cm³/mol. The summed E-state index contributed by atoms with van der Waals surface area (Å²) in [5.74, 6) is 0.00624. The number of halogens is 1. The van der Waals surface area contributed by atoms with E-state index in [2.05, 4.69) is 20.8 Å². The number of anilines is 1. The van der Waals surface area contributed by atoms with Gasteiger partial charge in [0, 0.05) is 9.90 Å². The van der Waals surface area contributed by atoms with Crippen molar-refractivity contribution in [2.75, 3.05) is 18.5 Å². The van der Waals surface area contributed by atoms with E-state index in [-0.39, 0.29) is 31.6 Å². The Hall–Kier alpha value is -3.87. The zero-order chi connectivity index (χ0) is 30.3. The van der Waals surface area contributed by atoms with Crippen molar-refractivity contribution in [1.82, 2.24) is 20.1 Å². The van der Waals surface area contributed by atoms with Gasteiger partial charge >= 0.3 is 5.97 Å². The number of esters is 1. The molecule has 5 rings (SSSR count). The molecule has 4 aromatic rings. The number of nitrogens with one attached hydrogen (secondary N) is 2. The number of nitrogens with zero attached hydrogens (tertiary/aromatic N) is 3. The number of amides is 2. The van der Waals surface area contributed by atoms with Gasteiger partial charge in [-0.2, -0.15) is 0 Å². The molecule has 10 nitrogen and oxygen atoms in total. The molecule has 2 aromatic carbocycles. The Kier molecular flexibility index (Phi) is 10.0. The van der Waals surface area contributed by atoms with E-state index in [4.69, 9.17) is 21.1 Å². The van der Waals surface area contributed by atoms with Crippen LogP contribution >= 0.6 is 34.7 Å². The fourth-order valence-corrected chi connectivity index (χ4v) is 6.95. The van der Waals surface area contributed by atoms with Crippen LogP contribution < -0.4 is 15.4 Å². The van der Waals surface area contributed by atoms with Crippen LogP contribution in [-0.4, -0.2) is 51.0 Å². The number of rotatable bonds is 12. The van der Waals surface area contributed by atoms with Gasteiger partial charge in [-0.1, -0.05) is 47.6 Å². The van der Waals surface area contributed by atoms with Gasteiger partial charge in [0.05, 0.1) is 29.7 Å². The number of thioether (sulfide) groups is 1. The second kappa shape index (κ2) is 14.1. The molecule has 0 spiro atoms. The van der Waals surface area contributed by atoms with Crippen molar-refractivity contribution in [3.63, 3.8) is 0 Å². The third-order valence-electron chi connectivity index (χ3n) is 6.61. The summed E-state index contributed by atoms with van der Waals surface area (Å²) >= 11 is 8.92. The lowest BCUT2D eigenvalue weighted by molar-refractivity contribution is -0.123. The van der Waals surface area contributed by atoms with Gasteiger partial charge < -0.3 is 20.1 Å². The molecule has 1 atom stereocenters. The largest absolute Gasteiger partial charge is 0.484 e. The Labute approximate surface area is 262 Å². The van der Waals surface area contributed by atoms with Gasteiger partial charge in [0.25, 0.3) is 5.91 Å². The van der Waals surface area contributed by atoms with Crippen molar-refractivity contribution in [3.8, 4) is 11.4 Å². The number of fused-ring (bicyclic) bond motifs is 1. The summed E-state index contributed by atoms with van der Waals surface area (Å²) in [6.45, 7) is 3.68. The Morgan fingerprint density at radius 2 is 1.93 bits per heavy atom. The average Bonchev–Trinajstić information content (AvgIpc) is 3.70. The van der Waals surface area contributed by atoms with E-state index in [1.807, 2.05) is 24.3 Å². The summed E-state index contributed by atoms with van der Waals surface area (Å²) in [6, 6.07) is 16.2. The third-order valence-corrected chi connectivity index (χ3v) is 9.10. The molecule has 2 heterocycles. The van der Waals surface area contributed by atoms with Gasteiger partial charge in [0.1, 0.15) is 10.8 Å². The van der Waals surface area contributed by atoms with Crippen LogP contribution in [0.4, 0.5) is 5.00 Å². The molecule has 224 valence electrons. The minimum atomic E-state index is -0.601. The number of benzene rings is 2. The first-order valence-corrected chi connectivity index (χ1v) is 15.9. The van der Waals surface area contributed by atoms with Crippen LogP contribution in [-0.2, 0) is 33.7 Å². The predicted octanol–water partition coefficient (Wildman–Crippen LogP) is 5.46. The molecule has 2 amide bonds. The average molecular weight is 640 g/mol.